The Morgan fingerprint density at radius 2 is 1.97 bits per heavy atom. The second-order valence-corrected chi connectivity index (χ2v) is 13.1. The molecule has 1 aliphatic heterocycles. The van der Waals surface area contributed by atoms with Crippen molar-refractivity contribution in [3.05, 3.63) is 63.4 Å². The number of hydrogen-bond donors (Lipinski definition) is 4. The molecule has 1 aromatic carbocycles. The molecule has 4 rings (SSSR count). The monoisotopic (exact) mass is 566 g/mol. The fourth-order valence-corrected chi connectivity index (χ4v) is 6.09. The van der Waals surface area contributed by atoms with Crippen LogP contribution in [0.1, 0.15) is 47.3 Å². The van der Waals surface area contributed by atoms with Crippen LogP contribution in [0.15, 0.2) is 52.2 Å². The molecule has 1 spiro atoms. The van der Waals surface area contributed by atoms with Crippen LogP contribution in [0.2, 0.25) is 0 Å². The molecule has 2 fully saturated rings. The van der Waals surface area contributed by atoms with Crippen LogP contribution in [-0.2, 0) is 23.4 Å². The van der Waals surface area contributed by atoms with Crippen LogP contribution in [0, 0.1) is 5.41 Å². The Bertz CT molecular complexity index is 1370. The highest BCUT2D eigenvalue weighted by molar-refractivity contribution is 7.52. The van der Waals surface area contributed by atoms with Crippen molar-refractivity contribution in [2.75, 3.05) is 6.61 Å². The van der Waals surface area contributed by atoms with Gasteiger partial charge in [-0.05, 0) is 31.4 Å². The van der Waals surface area contributed by atoms with E-state index in [-0.39, 0.29) is 24.2 Å². The van der Waals surface area contributed by atoms with E-state index in [2.05, 4.69) is 10.1 Å². The van der Waals surface area contributed by atoms with E-state index < -0.39 is 60.6 Å². The molecule has 214 valence electrons. The molecule has 2 heterocycles. The first-order chi connectivity index (χ1) is 18.1. The lowest BCUT2D eigenvalue weighted by molar-refractivity contribution is -0.148. The van der Waals surface area contributed by atoms with Crippen LogP contribution in [0.25, 0.3) is 0 Å². The number of aromatic amines is 1. The Kier molecular flexibility index (Phi) is 7.71. The van der Waals surface area contributed by atoms with E-state index in [1.807, 2.05) is 20.8 Å². The van der Waals surface area contributed by atoms with Crippen molar-refractivity contribution in [1.82, 2.24) is 14.6 Å². The second-order valence-electron chi connectivity index (χ2n) is 11.4. The minimum Gasteiger partial charge on any atom is -0.464 e. The summed E-state index contributed by atoms with van der Waals surface area (Å²) in [6.45, 7) is 8.83. The number of aliphatic hydroxyl groups is 1. The largest absolute Gasteiger partial charge is 0.464 e. The molecule has 1 saturated heterocycles. The summed E-state index contributed by atoms with van der Waals surface area (Å²) >= 11 is 0. The van der Waals surface area contributed by atoms with E-state index in [1.165, 1.54) is 20.0 Å². The van der Waals surface area contributed by atoms with E-state index in [0.29, 0.717) is 0 Å². The predicted octanol–water partition coefficient (Wildman–Crippen LogP) is 1.43. The van der Waals surface area contributed by atoms with Crippen molar-refractivity contribution >= 4 is 13.7 Å². The number of benzene rings is 1. The molecule has 0 radical (unpaired) electrons. The molecule has 2 aromatic rings. The van der Waals surface area contributed by atoms with Gasteiger partial charge < -0.3 is 24.8 Å². The number of aromatic nitrogens is 2. The topological polar surface area (TPSA) is 184 Å². The highest BCUT2D eigenvalue weighted by Crippen LogP contribution is 2.61. The van der Waals surface area contributed by atoms with E-state index in [1.54, 1.807) is 30.3 Å². The van der Waals surface area contributed by atoms with E-state index >= 15 is 0 Å². The Balaban J connectivity index is 1.55. The Morgan fingerprint density at radius 1 is 1.31 bits per heavy atom. The first kappa shape index (κ1) is 29.2. The molecule has 1 aromatic heterocycles. The van der Waals surface area contributed by atoms with Crippen molar-refractivity contribution in [1.29, 1.82) is 0 Å². The van der Waals surface area contributed by atoms with Crippen molar-refractivity contribution in [3.63, 3.8) is 0 Å². The predicted molar refractivity (Wildman–Crippen MR) is 140 cm³/mol. The van der Waals surface area contributed by atoms with Gasteiger partial charge in [0.25, 0.3) is 5.56 Å². The third kappa shape index (κ3) is 6.19. The summed E-state index contributed by atoms with van der Waals surface area (Å²) in [5.74, 6) is -0.437. The molecule has 0 bridgehead atoms. The number of esters is 1. The molecule has 1 aliphatic carbocycles. The zero-order chi connectivity index (χ0) is 28.8. The van der Waals surface area contributed by atoms with Gasteiger partial charge in [-0.1, -0.05) is 39.0 Å². The number of carbonyl (C=O) groups excluding carboxylic acids is 1. The van der Waals surface area contributed by atoms with Gasteiger partial charge in [-0.25, -0.2) is 9.36 Å². The van der Waals surface area contributed by atoms with Crippen molar-refractivity contribution in [3.8, 4) is 5.75 Å². The third-order valence-electron chi connectivity index (χ3n) is 6.50. The molecule has 0 amide bonds. The maximum Gasteiger partial charge on any atom is 0.459 e. The maximum absolute atomic E-state index is 14.0. The van der Waals surface area contributed by atoms with Crippen LogP contribution >= 0.6 is 7.75 Å². The number of nitrogens with one attached hydrogen (secondary N) is 2. The summed E-state index contributed by atoms with van der Waals surface area (Å²) in [7, 11) is -4.26. The van der Waals surface area contributed by atoms with Gasteiger partial charge in [0.1, 0.15) is 29.6 Å². The Labute approximate surface area is 225 Å². The number of nitrogens with zero attached hydrogens (tertiary/aromatic N) is 1. The Morgan fingerprint density at radius 3 is 2.59 bits per heavy atom. The second kappa shape index (κ2) is 10.3. The number of H-pyrrole nitrogens is 1. The number of rotatable bonds is 9. The van der Waals surface area contributed by atoms with Gasteiger partial charge in [-0.2, -0.15) is 5.09 Å². The SMILES string of the molecule is C[C@H](NP(=O)(Oc1ccccc1)O[C@@H]1CC12O[C@@H](n1ccc(=O)[nH]c1=O)[C@](C)(N)[C@@H]2O)C(=O)OCC(C)(C)C. The molecule has 7 atom stereocenters. The van der Waals surface area contributed by atoms with Crippen LogP contribution in [0.5, 0.6) is 5.75 Å². The molecule has 13 nitrogen and oxygen atoms in total. The van der Waals surface area contributed by atoms with Gasteiger partial charge in [0, 0.05) is 18.7 Å². The third-order valence-corrected chi connectivity index (χ3v) is 8.18. The fraction of sp³-hybridized carbons (Fsp3) is 0.560. The number of ether oxygens (including phenoxy) is 2. The molecule has 5 N–H and O–H groups in total. The zero-order valence-corrected chi connectivity index (χ0v) is 23.3. The average Bonchev–Trinajstić information content (AvgIpc) is 3.47. The number of para-hydroxylation sites is 1. The summed E-state index contributed by atoms with van der Waals surface area (Å²) in [6.07, 6.45) is -2.20. The first-order valence-electron chi connectivity index (χ1n) is 12.5. The molecule has 14 heteroatoms. The van der Waals surface area contributed by atoms with Crippen LogP contribution < -0.4 is 26.6 Å². The maximum atomic E-state index is 14.0. The minimum absolute atomic E-state index is 0.0717. The number of hydrogen-bond acceptors (Lipinski definition) is 10. The molecule has 2 unspecified atom stereocenters. The van der Waals surface area contributed by atoms with Gasteiger partial charge in [0.2, 0.25) is 0 Å². The van der Waals surface area contributed by atoms with Gasteiger partial charge >= 0.3 is 19.4 Å². The Hall–Kier alpha value is -2.80. The van der Waals surface area contributed by atoms with Gasteiger partial charge in [-0.3, -0.25) is 23.7 Å². The number of aliphatic hydroxyl groups excluding tert-OH is 1. The standard InChI is InChI=1S/C25H35N4O9P/c1-15(19(31)35-14-23(2,3)4)28-39(34,37-16-9-7-6-8-10-16)38-17-13-25(17)20(32)24(5,26)21(36-25)29-12-11-18(30)27-22(29)33/h6-12,15,17,20-21,32H,13-14,26H2,1-5H3,(H,28,34)(H,27,30,33)/t15-,17+,20-,21+,24+,25?,39?/m0/s1. The normalized spacial score (nSPS) is 30.5. The summed E-state index contributed by atoms with van der Waals surface area (Å²) < 4.78 is 38.0. The van der Waals surface area contributed by atoms with Crippen molar-refractivity contribution < 1.29 is 33.0 Å². The highest BCUT2D eigenvalue weighted by atomic mass is 31.2. The van der Waals surface area contributed by atoms with E-state index in [9.17, 15) is 24.1 Å². The molecular formula is C25H35N4O9P. The molecule has 1 saturated carbocycles. The first-order valence-corrected chi connectivity index (χ1v) is 14.0. The number of carbonyl (C=O) groups is 1. The lowest BCUT2D eigenvalue weighted by Crippen LogP contribution is -2.54. The smallest absolute Gasteiger partial charge is 0.459 e. The summed E-state index contributed by atoms with van der Waals surface area (Å²) in [4.78, 5) is 38.7. The molecule has 39 heavy (non-hydrogen) atoms. The van der Waals surface area contributed by atoms with Gasteiger partial charge in [0.05, 0.1) is 12.1 Å². The lowest BCUT2D eigenvalue weighted by Gasteiger charge is -2.28. The molecular weight excluding hydrogens is 531 g/mol. The summed E-state index contributed by atoms with van der Waals surface area (Å²) in [6, 6.07) is 8.30. The van der Waals surface area contributed by atoms with E-state index in [4.69, 9.17) is 24.3 Å². The van der Waals surface area contributed by atoms with Crippen LogP contribution in [-0.4, -0.2) is 56.6 Å². The van der Waals surface area contributed by atoms with Crippen LogP contribution in [0.3, 0.4) is 0 Å². The van der Waals surface area contributed by atoms with Crippen molar-refractivity contribution in [2.45, 2.75) is 76.7 Å². The summed E-state index contributed by atoms with van der Waals surface area (Å²) in [5, 5.41) is 13.8. The van der Waals surface area contributed by atoms with Gasteiger partial charge in [-0.15, -0.1) is 0 Å². The minimum atomic E-state index is -4.26. The fourth-order valence-electron chi connectivity index (χ4n) is 4.37. The highest BCUT2D eigenvalue weighted by Gasteiger charge is 2.74. The zero-order valence-electron chi connectivity index (χ0n) is 22.5. The quantitative estimate of drug-likeness (QED) is 0.254. The number of nitrogens with two attached hydrogens (primary N) is 1. The molecule has 2 aliphatic rings. The summed E-state index contributed by atoms with van der Waals surface area (Å²) in [5.41, 5.74) is 1.85. The lowest BCUT2D eigenvalue weighted by atomic mass is 9.92. The average molecular weight is 567 g/mol. The van der Waals surface area contributed by atoms with E-state index in [0.717, 1.165) is 10.6 Å². The van der Waals surface area contributed by atoms with Crippen molar-refractivity contribution in [2.24, 2.45) is 11.1 Å². The van der Waals surface area contributed by atoms with Crippen LogP contribution in [0.4, 0.5) is 0 Å². The van der Waals surface area contributed by atoms with Gasteiger partial charge in [0.15, 0.2) is 6.23 Å².